The fourth-order valence-electron chi connectivity index (χ4n) is 6.37. The fourth-order valence-corrected chi connectivity index (χ4v) is 6.37. The molecular formula is C32H51N3O2. The molecule has 2 amide bonds. The van der Waals surface area contributed by atoms with E-state index in [1.165, 1.54) is 16.7 Å². The van der Waals surface area contributed by atoms with E-state index in [-0.39, 0.29) is 23.1 Å². The van der Waals surface area contributed by atoms with Gasteiger partial charge in [-0.2, -0.15) is 0 Å². The molecule has 2 heterocycles. The number of fused-ring (bicyclic) bond motifs is 3. The van der Waals surface area contributed by atoms with E-state index in [2.05, 4.69) is 72.3 Å². The van der Waals surface area contributed by atoms with Crippen LogP contribution in [0, 0.1) is 23.2 Å². The van der Waals surface area contributed by atoms with Gasteiger partial charge < -0.3 is 9.80 Å². The number of hydrogen-bond donors (Lipinski definition) is 0. The molecule has 0 spiro atoms. The number of amides is 2. The Kier molecular flexibility index (Phi) is 9.66. The van der Waals surface area contributed by atoms with Gasteiger partial charge >= 0.3 is 0 Å². The van der Waals surface area contributed by atoms with Gasteiger partial charge in [0.05, 0.1) is 5.70 Å². The first kappa shape index (κ1) is 29.4. The molecule has 1 aliphatic carbocycles. The molecule has 3 aliphatic rings. The van der Waals surface area contributed by atoms with Gasteiger partial charge in [0.1, 0.15) is 0 Å². The molecule has 0 radical (unpaired) electrons. The van der Waals surface area contributed by atoms with Crippen LogP contribution < -0.4 is 0 Å². The molecule has 4 atom stereocenters. The summed E-state index contributed by atoms with van der Waals surface area (Å²) >= 11 is 0. The highest BCUT2D eigenvalue weighted by Gasteiger charge is 2.42. The molecule has 2 fully saturated rings. The van der Waals surface area contributed by atoms with Gasteiger partial charge in [0, 0.05) is 43.6 Å². The van der Waals surface area contributed by atoms with Crippen LogP contribution in [0.1, 0.15) is 87.0 Å². The number of carbonyl (C=O) groups excluding carboxylic acids is 2. The summed E-state index contributed by atoms with van der Waals surface area (Å²) in [5, 5.41) is 0. The molecule has 2 bridgehead atoms. The van der Waals surface area contributed by atoms with E-state index in [4.69, 9.17) is 0 Å². The third kappa shape index (κ3) is 6.30. The number of hydrogen-bond acceptors (Lipinski definition) is 3. The van der Waals surface area contributed by atoms with Crippen LogP contribution in [-0.4, -0.2) is 59.2 Å². The van der Waals surface area contributed by atoms with Crippen LogP contribution in [0.5, 0.6) is 0 Å². The van der Waals surface area contributed by atoms with Crippen LogP contribution in [-0.2, 0) is 9.59 Å². The lowest BCUT2D eigenvalue weighted by molar-refractivity contribution is -0.134. The first-order valence-corrected chi connectivity index (χ1v) is 14.5. The molecule has 206 valence electrons. The zero-order valence-electron chi connectivity index (χ0n) is 24.8. The average molecular weight is 510 g/mol. The van der Waals surface area contributed by atoms with E-state index in [9.17, 15) is 9.59 Å². The number of likely N-dealkylation sites (tertiary alicyclic amines) is 1. The van der Waals surface area contributed by atoms with Gasteiger partial charge in [-0.15, -0.1) is 0 Å². The van der Waals surface area contributed by atoms with Gasteiger partial charge in [0.2, 0.25) is 11.8 Å². The van der Waals surface area contributed by atoms with Crippen LogP contribution in [0.2, 0.25) is 0 Å². The smallest absolute Gasteiger partial charge is 0.234 e. The summed E-state index contributed by atoms with van der Waals surface area (Å²) in [4.78, 5) is 33.2. The second-order valence-electron chi connectivity index (χ2n) is 12.4. The summed E-state index contributed by atoms with van der Waals surface area (Å²) in [5.74, 6) is 1.02. The Balaban J connectivity index is 2.05. The molecule has 0 aromatic carbocycles. The van der Waals surface area contributed by atoms with Gasteiger partial charge in [-0.3, -0.25) is 14.5 Å². The quantitative estimate of drug-likeness (QED) is 0.391. The van der Waals surface area contributed by atoms with Gasteiger partial charge in [-0.25, -0.2) is 0 Å². The molecule has 0 N–H and O–H groups in total. The molecule has 0 aromatic rings. The van der Waals surface area contributed by atoms with Gasteiger partial charge in [-0.1, -0.05) is 47.3 Å². The largest absolute Gasteiger partial charge is 0.343 e. The molecule has 1 saturated carbocycles. The van der Waals surface area contributed by atoms with Gasteiger partial charge in [-0.05, 0) is 93.7 Å². The Labute approximate surface area is 226 Å². The van der Waals surface area contributed by atoms with Crippen molar-refractivity contribution in [3.8, 4) is 0 Å². The second kappa shape index (κ2) is 12.1. The number of nitrogens with zero attached hydrogens (tertiary/aromatic N) is 3. The Hall–Kier alpha value is -2.14. The van der Waals surface area contributed by atoms with Crippen molar-refractivity contribution in [2.75, 3.05) is 26.7 Å². The Morgan fingerprint density at radius 1 is 1.22 bits per heavy atom. The molecule has 37 heavy (non-hydrogen) atoms. The highest BCUT2D eigenvalue weighted by atomic mass is 16.2. The molecule has 1 saturated heterocycles. The predicted molar refractivity (Wildman–Crippen MR) is 154 cm³/mol. The van der Waals surface area contributed by atoms with Crippen molar-refractivity contribution in [3.63, 3.8) is 0 Å². The van der Waals surface area contributed by atoms with Crippen molar-refractivity contribution >= 4 is 11.8 Å². The van der Waals surface area contributed by atoms with Crippen LogP contribution in [0.3, 0.4) is 0 Å². The predicted octanol–water partition coefficient (Wildman–Crippen LogP) is 6.55. The number of carbonyl (C=O) groups is 2. The minimum Gasteiger partial charge on any atom is -0.343 e. The van der Waals surface area contributed by atoms with Crippen LogP contribution >= 0.6 is 0 Å². The lowest BCUT2D eigenvalue weighted by atomic mass is 9.78. The first-order chi connectivity index (χ1) is 17.5. The van der Waals surface area contributed by atoms with Crippen molar-refractivity contribution in [3.05, 3.63) is 47.3 Å². The average Bonchev–Trinajstić information content (AvgIpc) is 3.06. The molecule has 3 unspecified atom stereocenters. The summed E-state index contributed by atoms with van der Waals surface area (Å²) in [5.41, 5.74) is 4.80. The van der Waals surface area contributed by atoms with Crippen molar-refractivity contribution < 1.29 is 9.59 Å². The summed E-state index contributed by atoms with van der Waals surface area (Å²) in [6.45, 7) is 21.5. The summed E-state index contributed by atoms with van der Waals surface area (Å²) < 4.78 is 0. The number of rotatable bonds is 7. The topological polar surface area (TPSA) is 43.9 Å². The van der Waals surface area contributed by atoms with E-state index in [0.717, 1.165) is 57.4 Å². The van der Waals surface area contributed by atoms with Crippen molar-refractivity contribution in [2.45, 2.75) is 93.0 Å². The zero-order chi connectivity index (χ0) is 27.5. The van der Waals surface area contributed by atoms with Crippen LogP contribution in [0.4, 0.5) is 0 Å². The van der Waals surface area contributed by atoms with Crippen molar-refractivity contribution in [2.24, 2.45) is 23.2 Å². The molecule has 5 heteroatoms. The lowest BCUT2D eigenvalue weighted by Gasteiger charge is -2.35. The van der Waals surface area contributed by atoms with Crippen molar-refractivity contribution in [1.29, 1.82) is 0 Å². The van der Waals surface area contributed by atoms with E-state index in [1.807, 2.05) is 22.8 Å². The minimum absolute atomic E-state index is 0.109. The van der Waals surface area contributed by atoms with E-state index in [1.54, 1.807) is 0 Å². The summed E-state index contributed by atoms with van der Waals surface area (Å²) in [6, 6.07) is 0.372. The Morgan fingerprint density at radius 2 is 1.89 bits per heavy atom. The highest BCUT2D eigenvalue weighted by Crippen LogP contribution is 2.47. The summed E-state index contributed by atoms with van der Waals surface area (Å²) in [6.07, 6.45) is 11.9. The maximum Gasteiger partial charge on any atom is 0.234 e. The molecule has 3 rings (SSSR count). The zero-order valence-corrected chi connectivity index (χ0v) is 24.8. The van der Waals surface area contributed by atoms with E-state index < -0.39 is 0 Å². The first-order valence-electron chi connectivity index (χ1n) is 14.5. The maximum absolute atomic E-state index is 13.8. The third-order valence-corrected chi connectivity index (χ3v) is 9.12. The van der Waals surface area contributed by atoms with E-state index >= 15 is 0 Å². The minimum atomic E-state index is -0.117. The summed E-state index contributed by atoms with van der Waals surface area (Å²) in [7, 11) is 2.25. The Bertz CT molecular complexity index is 963. The molecule has 0 aromatic heterocycles. The van der Waals surface area contributed by atoms with Gasteiger partial charge in [0.25, 0.3) is 0 Å². The third-order valence-electron chi connectivity index (χ3n) is 9.12. The monoisotopic (exact) mass is 509 g/mol. The normalized spacial score (nSPS) is 26.7. The molecule has 5 nitrogen and oxygen atoms in total. The molecule has 2 aliphatic heterocycles. The molecular weight excluding hydrogens is 458 g/mol. The van der Waals surface area contributed by atoms with E-state index in [0.29, 0.717) is 24.3 Å². The SMILES string of the molecule is C=CC1=C2CC(=CN1C(=O)C(C)C(C)(C)C)C[C@@H]1C(CC(CC(=O)N(CC)CC)CCN1C)/C2=C/CC. The highest BCUT2D eigenvalue weighted by molar-refractivity contribution is 5.83. The number of allylic oxidation sites excluding steroid dienone is 3. The van der Waals surface area contributed by atoms with Crippen LogP contribution in [0.25, 0.3) is 0 Å². The second-order valence-corrected chi connectivity index (χ2v) is 12.4. The van der Waals surface area contributed by atoms with Crippen LogP contribution in [0.15, 0.2) is 47.3 Å². The standard InChI is InChI=1S/C32H51N3O2/c1-10-14-25-26-18-24(21-35(28(26)11-2)31(37)22(5)32(6,7)8)19-29-27(25)17-23(15-16-33(29)9)20-30(36)34(12-3)13-4/h11,14,21-23,27,29H,2,10,12-13,15-20H2,1,3-9H3/b25-14+/t22?,23?,27?,29-/m1/s1. The van der Waals surface area contributed by atoms with Crippen molar-refractivity contribution in [1.82, 2.24) is 14.7 Å². The lowest BCUT2D eigenvalue weighted by Crippen LogP contribution is -2.38. The fraction of sp³-hybridized carbons (Fsp3) is 0.688. The maximum atomic E-state index is 13.8. The Morgan fingerprint density at radius 3 is 2.46 bits per heavy atom. The van der Waals surface area contributed by atoms with Gasteiger partial charge in [0.15, 0.2) is 0 Å².